The number of fused-ring (bicyclic) bond motifs is 1. The van der Waals surface area contributed by atoms with Gasteiger partial charge in [-0.1, -0.05) is 24.3 Å². The number of benzene rings is 2. The molecule has 5 nitrogen and oxygen atoms in total. The number of hydrogen-bond acceptors (Lipinski definition) is 4. The summed E-state index contributed by atoms with van der Waals surface area (Å²) in [7, 11) is 0. The van der Waals surface area contributed by atoms with Gasteiger partial charge in [-0.15, -0.1) is 0 Å². The molecule has 0 spiro atoms. The van der Waals surface area contributed by atoms with Crippen molar-refractivity contribution in [2.75, 3.05) is 0 Å². The topological polar surface area (TPSA) is 64.4 Å². The molecule has 26 heavy (non-hydrogen) atoms. The molecule has 1 aromatic heterocycles. The van der Waals surface area contributed by atoms with Crippen LogP contribution in [0.15, 0.2) is 59.0 Å². The van der Waals surface area contributed by atoms with E-state index in [4.69, 9.17) is 4.42 Å². The van der Waals surface area contributed by atoms with E-state index in [1.165, 1.54) is 24.3 Å². The molecule has 1 unspecified atom stereocenters. The summed E-state index contributed by atoms with van der Waals surface area (Å²) in [5.41, 5.74) is 2.12. The Hall–Kier alpha value is -3.22. The lowest BCUT2D eigenvalue weighted by Gasteiger charge is -2.13. The number of nitrogens with zero attached hydrogens (tertiary/aromatic N) is 1. The highest BCUT2D eigenvalue weighted by Gasteiger charge is 2.10. The van der Waals surface area contributed by atoms with Crippen molar-refractivity contribution in [1.29, 1.82) is 0 Å². The van der Waals surface area contributed by atoms with Crippen LogP contribution < -0.4 is 10.1 Å². The Morgan fingerprint density at radius 2 is 1.92 bits per heavy atom. The molecule has 1 heterocycles. The standard InChI is InChI=1S/C19H16F2N2O3/c1-12(13-6-8-14(9-7-13)25-19(20)21)22-17(24)10-11-18-23-15-4-2-3-5-16(15)26-18/h2-12,19H,1H3,(H,22,24)/b11-10+. The van der Waals surface area contributed by atoms with E-state index in [1.54, 1.807) is 25.1 Å². The van der Waals surface area contributed by atoms with Crippen LogP contribution >= 0.6 is 0 Å². The predicted octanol–water partition coefficient (Wildman–Crippen LogP) is 4.32. The molecule has 0 saturated carbocycles. The van der Waals surface area contributed by atoms with Crippen LogP contribution in [0.2, 0.25) is 0 Å². The lowest BCUT2D eigenvalue weighted by atomic mass is 10.1. The number of rotatable bonds is 6. The molecule has 134 valence electrons. The molecule has 7 heteroatoms. The van der Waals surface area contributed by atoms with E-state index in [0.717, 1.165) is 5.56 Å². The van der Waals surface area contributed by atoms with Crippen LogP contribution in [0.1, 0.15) is 24.4 Å². The lowest BCUT2D eigenvalue weighted by Crippen LogP contribution is -2.24. The average Bonchev–Trinajstić information content (AvgIpc) is 3.03. The number of carbonyl (C=O) groups is 1. The zero-order chi connectivity index (χ0) is 18.5. The highest BCUT2D eigenvalue weighted by atomic mass is 19.3. The van der Waals surface area contributed by atoms with Crippen molar-refractivity contribution in [2.24, 2.45) is 0 Å². The molecule has 0 saturated heterocycles. The quantitative estimate of drug-likeness (QED) is 0.667. The summed E-state index contributed by atoms with van der Waals surface area (Å²) in [4.78, 5) is 16.3. The van der Waals surface area contributed by atoms with Gasteiger partial charge in [0, 0.05) is 12.2 Å². The monoisotopic (exact) mass is 358 g/mol. The molecule has 0 aliphatic heterocycles. The van der Waals surface area contributed by atoms with E-state index in [-0.39, 0.29) is 17.7 Å². The molecular weight excluding hydrogens is 342 g/mol. The first kappa shape index (κ1) is 17.6. The van der Waals surface area contributed by atoms with Gasteiger partial charge >= 0.3 is 6.61 Å². The molecule has 0 bridgehead atoms. The smallest absolute Gasteiger partial charge is 0.387 e. The molecule has 3 aromatic rings. The van der Waals surface area contributed by atoms with E-state index in [9.17, 15) is 13.6 Å². The van der Waals surface area contributed by atoms with E-state index in [1.807, 2.05) is 18.2 Å². The van der Waals surface area contributed by atoms with Gasteiger partial charge in [-0.2, -0.15) is 8.78 Å². The van der Waals surface area contributed by atoms with E-state index in [2.05, 4.69) is 15.0 Å². The molecule has 0 aliphatic carbocycles. The first-order valence-electron chi connectivity index (χ1n) is 7.90. The minimum absolute atomic E-state index is 0.0677. The third-order valence-corrected chi connectivity index (χ3v) is 3.65. The molecule has 1 amide bonds. The summed E-state index contributed by atoms with van der Waals surface area (Å²) in [5, 5.41) is 2.78. The number of carbonyl (C=O) groups excluding carboxylic acids is 1. The van der Waals surface area contributed by atoms with Crippen molar-refractivity contribution in [3.05, 3.63) is 66.1 Å². The van der Waals surface area contributed by atoms with Gasteiger partial charge in [0.25, 0.3) is 0 Å². The van der Waals surface area contributed by atoms with E-state index < -0.39 is 6.61 Å². The lowest BCUT2D eigenvalue weighted by molar-refractivity contribution is -0.117. The largest absolute Gasteiger partial charge is 0.437 e. The molecule has 3 rings (SSSR count). The number of aromatic nitrogens is 1. The third kappa shape index (κ3) is 4.44. The Labute approximate surface area is 148 Å². The number of para-hydroxylation sites is 2. The van der Waals surface area contributed by atoms with Gasteiger partial charge < -0.3 is 14.5 Å². The highest BCUT2D eigenvalue weighted by Crippen LogP contribution is 2.19. The van der Waals surface area contributed by atoms with Gasteiger partial charge in [0.1, 0.15) is 11.3 Å². The van der Waals surface area contributed by atoms with Crippen LogP contribution in [0.3, 0.4) is 0 Å². The third-order valence-electron chi connectivity index (χ3n) is 3.65. The van der Waals surface area contributed by atoms with Crippen LogP contribution in [-0.2, 0) is 4.79 Å². The Balaban J connectivity index is 1.59. The number of alkyl halides is 2. The molecule has 0 fully saturated rings. The van der Waals surface area contributed by atoms with Gasteiger partial charge in [0.15, 0.2) is 5.58 Å². The van der Waals surface area contributed by atoms with Gasteiger partial charge in [-0.3, -0.25) is 4.79 Å². The fraction of sp³-hybridized carbons (Fsp3) is 0.158. The zero-order valence-electron chi connectivity index (χ0n) is 13.9. The number of nitrogens with one attached hydrogen (secondary N) is 1. The SMILES string of the molecule is CC(NC(=O)/C=C/c1nc2ccccc2o1)c1ccc(OC(F)F)cc1. The van der Waals surface area contributed by atoms with Crippen LogP contribution in [-0.4, -0.2) is 17.5 Å². The second kappa shape index (κ2) is 7.77. The molecule has 0 aliphatic rings. The number of halogens is 2. The van der Waals surface area contributed by atoms with Crippen molar-refractivity contribution < 1.29 is 22.7 Å². The average molecular weight is 358 g/mol. The van der Waals surface area contributed by atoms with Gasteiger partial charge in [0.05, 0.1) is 6.04 Å². The number of hydrogen-bond donors (Lipinski definition) is 1. The molecular formula is C19H16F2N2O3. The number of ether oxygens (including phenoxy) is 1. The van der Waals surface area contributed by atoms with E-state index in [0.29, 0.717) is 17.0 Å². The first-order valence-corrected chi connectivity index (χ1v) is 7.90. The van der Waals surface area contributed by atoms with Gasteiger partial charge in [-0.25, -0.2) is 4.98 Å². The van der Waals surface area contributed by atoms with E-state index >= 15 is 0 Å². The first-order chi connectivity index (χ1) is 12.5. The Morgan fingerprint density at radius 3 is 2.62 bits per heavy atom. The molecule has 1 atom stereocenters. The minimum Gasteiger partial charge on any atom is -0.437 e. The van der Waals surface area contributed by atoms with Crippen molar-refractivity contribution in [2.45, 2.75) is 19.6 Å². The van der Waals surface area contributed by atoms with Crippen molar-refractivity contribution in [1.82, 2.24) is 10.3 Å². The summed E-state index contributed by atoms with van der Waals surface area (Å²) in [6.45, 7) is -1.08. The van der Waals surface area contributed by atoms with Crippen LogP contribution in [0, 0.1) is 0 Å². The summed E-state index contributed by atoms with van der Waals surface area (Å²) in [6.07, 6.45) is 2.82. The Kier molecular flexibility index (Phi) is 5.26. The minimum atomic E-state index is -2.87. The molecule has 0 radical (unpaired) electrons. The normalized spacial score (nSPS) is 12.6. The fourth-order valence-corrected chi connectivity index (χ4v) is 2.39. The summed E-state index contributed by atoms with van der Waals surface area (Å²) >= 11 is 0. The highest BCUT2D eigenvalue weighted by molar-refractivity contribution is 5.91. The number of oxazole rings is 1. The maximum Gasteiger partial charge on any atom is 0.387 e. The van der Waals surface area contributed by atoms with Crippen LogP contribution in [0.5, 0.6) is 5.75 Å². The second-order valence-corrected chi connectivity index (χ2v) is 5.53. The zero-order valence-corrected chi connectivity index (χ0v) is 13.9. The van der Waals surface area contributed by atoms with Crippen molar-refractivity contribution in [3.63, 3.8) is 0 Å². The van der Waals surface area contributed by atoms with Crippen molar-refractivity contribution >= 4 is 23.1 Å². The maximum absolute atomic E-state index is 12.1. The maximum atomic E-state index is 12.1. The molecule has 2 aromatic carbocycles. The Morgan fingerprint density at radius 1 is 1.19 bits per heavy atom. The van der Waals surface area contributed by atoms with Gasteiger partial charge in [0.2, 0.25) is 11.8 Å². The van der Waals surface area contributed by atoms with Crippen molar-refractivity contribution in [3.8, 4) is 5.75 Å². The summed E-state index contributed by atoms with van der Waals surface area (Å²) in [6, 6.07) is 13.1. The predicted molar refractivity (Wildman–Crippen MR) is 92.7 cm³/mol. The molecule has 1 N–H and O–H groups in total. The van der Waals surface area contributed by atoms with Gasteiger partial charge in [-0.05, 0) is 36.8 Å². The van der Waals surface area contributed by atoms with Crippen LogP contribution in [0.4, 0.5) is 8.78 Å². The fourth-order valence-electron chi connectivity index (χ4n) is 2.39. The Bertz CT molecular complexity index is 887. The second-order valence-electron chi connectivity index (χ2n) is 5.53. The summed E-state index contributed by atoms with van der Waals surface area (Å²) in [5.74, 6) is 0.0771. The van der Waals surface area contributed by atoms with Crippen LogP contribution in [0.25, 0.3) is 17.2 Å². The number of amides is 1. The summed E-state index contributed by atoms with van der Waals surface area (Å²) < 4.78 is 34.1.